The summed E-state index contributed by atoms with van der Waals surface area (Å²) in [6, 6.07) is 6.29. The van der Waals surface area contributed by atoms with Crippen LogP contribution in [0.15, 0.2) is 40.9 Å². The Hall–Kier alpha value is -2.35. The van der Waals surface area contributed by atoms with Crippen LogP contribution in [0, 0.1) is 17.5 Å². The van der Waals surface area contributed by atoms with E-state index in [2.05, 4.69) is 26.0 Å². The third kappa shape index (κ3) is 4.56. The van der Waals surface area contributed by atoms with Gasteiger partial charge in [-0.05, 0) is 30.3 Å². The lowest BCUT2D eigenvalue weighted by Crippen LogP contribution is -2.22. The SMILES string of the molecule is O=C(COC(=O)c1ccc(Br)cc1F)Nc1ccc(F)cc1F. The molecule has 4 nitrogen and oxygen atoms in total. The highest BCUT2D eigenvalue weighted by Gasteiger charge is 2.16. The van der Waals surface area contributed by atoms with E-state index >= 15 is 0 Å². The first-order chi connectivity index (χ1) is 10.9. The molecule has 8 heteroatoms. The van der Waals surface area contributed by atoms with E-state index in [1.54, 1.807) is 0 Å². The molecule has 1 N–H and O–H groups in total. The van der Waals surface area contributed by atoms with E-state index in [1.165, 1.54) is 12.1 Å². The number of carbonyl (C=O) groups is 2. The minimum absolute atomic E-state index is 0.262. The van der Waals surface area contributed by atoms with Gasteiger partial charge in [0.2, 0.25) is 0 Å². The van der Waals surface area contributed by atoms with Gasteiger partial charge in [0.05, 0.1) is 11.3 Å². The molecule has 0 unspecified atom stereocenters. The number of carbonyl (C=O) groups excluding carboxylic acids is 2. The molecular formula is C15H9BrF3NO3. The maximum Gasteiger partial charge on any atom is 0.341 e. The fourth-order valence-corrected chi connectivity index (χ4v) is 1.97. The predicted octanol–water partition coefficient (Wildman–Crippen LogP) is 3.66. The molecule has 0 fully saturated rings. The van der Waals surface area contributed by atoms with Crippen molar-refractivity contribution in [3.05, 3.63) is 63.9 Å². The van der Waals surface area contributed by atoms with Crippen LogP contribution >= 0.6 is 15.9 Å². The van der Waals surface area contributed by atoms with Crippen molar-refractivity contribution in [2.24, 2.45) is 0 Å². The Morgan fingerprint density at radius 3 is 2.43 bits per heavy atom. The molecule has 1 amide bonds. The molecule has 0 saturated carbocycles. The van der Waals surface area contributed by atoms with E-state index < -0.39 is 35.9 Å². The largest absolute Gasteiger partial charge is 0.452 e. The van der Waals surface area contributed by atoms with Crippen LogP contribution in [-0.4, -0.2) is 18.5 Å². The molecule has 0 heterocycles. The number of benzene rings is 2. The molecule has 2 rings (SSSR count). The van der Waals surface area contributed by atoms with Crippen molar-refractivity contribution in [1.29, 1.82) is 0 Å². The second-order valence-corrected chi connectivity index (χ2v) is 5.29. The Morgan fingerprint density at radius 2 is 1.78 bits per heavy atom. The van der Waals surface area contributed by atoms with Crippen molar-refractivity contribution in [3.63, 3.8) is 0 Å². The van der Waals surface area contributed by atoms with Crippen molar-refractivity contribution in [3.8, 4) is 0 Å². The summed E-state index contributed by atoms with van der Waals surface area (Å²) in [5.74, 6) is -4.46. The summed E-state index contributed by atoms with van der Waals surface area (Å²) in [4.78, 5) is 23.2. The zero-order valence-corrected chi connectivity index (χ0v) is 13.0. The van der Waals surface area contributed by atoms with Gasteiger partial charge in [-0.15, -0.1) is 0 Å². The Kier molecular flexibility index (Phi) is 5.38. The highest BCUT2D eigenvalue weighted by atomic mass is 79.9. The van der Waals surface area contributed by atoms with Gasteiger partial charge in [0.15, 0.2) is 6.61 Å². The van der Waals surface area contributed by atoms with Gasteiger partial charge in [-0.3, -0.25) is 4.79 Å². The van der Waals surface area contributed by atoms with Gasteiger partial charge < -0.3 is 10.1 Å². The highest BCUT2D eigenvalue weighted by molar-refractivity contribution is 9.10. The highest BCUT2D eigenvalue weighted by Crippen LogP contribution is 2.17. The van der Waals surface area contributed by atoms with E-state index in [9.17, 15) is 22.8 Å². The normalized spacial score (nSPS) is 10.3. The summed E-state index contributed by atoms with van der Waals surface area (Å²) in [5, 5.41) is 2.11. The molecule has 120 valence electrons. The third-order valence-electron chi connectivity index (χ3n) is 2.69. The molecule has 0 aliphatic rings. The van der Waals surface area contributed by atoms with Gasteiger partial charge in [-0.25, -0.2) is 18.0 Å². The molecule has 0 spiro atoms. The van der Waals surface area contributed by atoms with Crippen molar-refractivity contribution in [1.82, 2.24) is 0 Å². The standard InChI is InChI=1S/C15H9BrF3NO3/c16-8-1-3-10(11(18)5-8)15(22)23-7-14(21)20-13-4-2-9(17)6-12(13)19/h1-6H,7H2,(H,20,21). The van der Waals surface area contributed by atoms with Crippen molar-refractivity contribution in [2.75, 3.05) is 11.9 Å². The van der Waals surface area contributed by atoms with Gasteiger partial charge in [0, 0.05) is 10.5 Å². The van der Waals surface area contributed by atoms with E-state index in [-0.39, 0.29) is 11.3 Å². The Bertz CT molecular complexity index is 768. The second-order valence-electron chi connectivity index (χ2n) is 4.37. The molecule has 0 radical (unpaired) electrons. The van der Waals surface area contributed by atoms with Crippen LogP contribution in [0.3, 0.4) is 0 Å². The summed E-state index contributed by atoms with van der Waals surface area (Å²) in [6.45, 7) is -0.745. The number of halogens is 4. The Labute approximate surface area is 137 Å². The maximum absolute atomic E-state index is 13.5. The van der Waals surface area contributed by atoms with Gasteiger partial charge in [-0.2, -0.15) is 0 Å². The van der Waals surface area contributed by atoms with E-state index in [0.717, 1.165) is 18.2 Å². The van der Waals surface area contributed by atoms with Crippen LogP contribution in [0.2, 0.25) is 0 Å². The first-order valence-electron chi connectivity index (χ1n) is 6.24. The van der Waals surface area contributed by atoms with Gasteiger partial charge in [-0.1, -0.05) is 15.9 Å². The number of esters is 1. The van der Waals surface area contributed by atoms with Crippen LogP contribution in [0.4, 0.5) is 18.9 Å². The quantitative estimate of drug-likeness (QED) is 0.814. The number of amides is 1. The third-order valence-corrected chi connectivity index (χ3v) is 3.18. The van der Waals surface area contributed by atoms with E-state index in [4.69, 9.17) is 0 Å². The monoisotopic (exact) mass is 387 g/mol. The average Bonchev–Trinajstić information content (AvgIpc) is 2.48. The number of rotatable bonds is 4. The van der Waals surface area contributed by atoms with Gasteiger partial charge in [0.1, 0.15) is 17.5 Å². The first-order valence-corrected chi connectivity index (χ1v) is 7.03. The number of anilines is 1. The summed E-state index contributed by atoms with van der Waals surface area (Å²) in [6.07, 6.45) is 0. The van der Waals surface area contributed by atoms with Gasteiger partial charge in [0.25, 0.3) is 5.91 Å². The maximum atomic E-state index is 13.5. The summed E-state index contributed by atoms with van der Waals surface area (Å²) >= 11 is 3.04. The van der Waals surface area contributed by atoms with Crippen LogP contribution < -0.4 is 5.32 Å². The molecule has 2 aromatic carbocycles. The number of hydrogen-bond acceptors (Lipinski definition) is 3. The summed E-state index contributed by atoms with van der Waals surface area (Å²) in [5.41, 5.74) is -0.601. The van der Waals surface area contributed by atoms with Crippen LogP contribution in [0.1, 0.15) is 10.4 Å². The molecule has 0 saturated heterocycles. The van der Waals surface area contributed by atoms with Crippen molar-refractivity contribution in [2.45, 2.75) is 0 Å². The van der Waals surface area contributed by atoms with Crippen LogP contribution in [0.25, 0.3) is 0 Å². The predicted molar refractivity (Wildman–Crippen MR) is 79.4 cm³/mol. The first kappa shape index (κ1) is 17.0. The number of ether oxygens (including phenoxy) is 1. The molecule has 0 atom stereocenters. The van der Waals surface area contributed by atoms with Crippen LogP contribution in [0.5, 0.6) is 0 Å². The summed E-state index contributed by atoms with van der Waals surface area (Å²) < 4.78 is 44.7. The lowest BCUT2D eigenvalue weighted by molar-refractivity contribution is -0.119. The molecule has 0 aliphatic heterocycles. The Balaban J connectivity index is 1.94. The molecule has 0 aromatic heterocycles. The second kappa shape index (κ2) is 7.28. The van der Waals surface area contributed by atoms with Crippen molar-refractivity contribution < 1.29 is 27.5 Å². The lowest BCUT2D eigenvalue weighted by Gasteiger charge is -2.08. The fraction of sp³-hybridized carbons (Fsp3) is 0.0667. The minimum atomic E-state index is -1.04. The van der Waals surface area contributed by atoms with Crippen LogP contribution in [-0.2, 0) is 9.53 Å². The minimum Gasteiger partial charge on any atom is -0.452 e. The molecule has 0 bridgehead atoms. The zero-order chi connectivity index (χ0) is 17.0. The lowest BCUT2D eigenvalue weighted by atomic mass is 10.2. The molecular weight excluding hydrogens is 379 g/mol. The topological polar surface area (TPSA) is 55.4 Å². The number of nitrogens with one attached hydrogen (secondary N) is 1. The average molecular weight is 388 g/mol. The van der Waals surface area contributed by atoms with E-state index in [1.807, 2.05) is 0 Å². The molecule has 2 aromatic rings. The van der Waals surface area contributed by atoms with Crippen molar-refractivity contribution >= 4 is 33.5 Å². The molecule has 23 heavy (non-hydrogen) atoms. The number of hydrogen-bond donors (Lipinski definition) is 1. The fourth-order valence-electron chi connectivity index (χ4n) is 1.64. The Morgan fingerprint density at radius 1 is 1.04 bits per heavy atom. The van der Waals surface area contributed by atoms with Gasteiger partial charge >= 0.3 is 5.97 Å². The van der Waals surface area contributed by atoms with E-state index in [0.29, 0.717) is 10.5 Å². The zero-order valence-electron chi connectivity index (χ0n) is 11.4. The smallest absolute Gasteiger partial charge is 0.341 e. The summed E-state index contributed by atoms with van der Waals surface area (Å²) in [7, 11) is 0. The molecule has 0 aliphatic carbocycles.